The fourth-order valence-electron chi connectivity index (χ4n) is 4.56. The highest BCUT2D eigenvalue weighted by Gasteiger charge is 2.22. The van der Waals surface area contributed by atoms with E-state index in [4.69, 9.17) is 4.98 Å². The Kier molecular flexibility index (Phi) is 5.40. The minimum absolute atomic E-state index is 0.368. The lowest BCUT2D eigenvalue weighted by atomic mass is 9.78. The van der Waals surface area contributed by atoms with E-state index in [1.54, 1.807) is 0 Å². The molecule has 1 aromatic carbocycles. The monoisotopic (exact) mass is 385 g/mol. The van der Waals surface area contributed by atoms with E-state index < -0.39 is 0 Å². The second-order valence-electron chi connectivity index (χ2n) is 9.05. The lowest BCUT2D eigenvalue weighted by Gasteiger charge is -2.28. The number of hydrogen-bond donors (Lipinski definition) is 0. The molecule has 0 N–H and O–H groups in total. The molecule has 0 fully saturated rings. The number of hydrogen-bond acceptors (Lipinski definition) is 2. The Morgan fingerprint density at radius 3 is 2.52 bits per heavy atom. The van der Waals surface area contributed by atoms with Gasteiger partial charge >= 0.3 is 0 Å². The summed E-state index contributed by atoms with van der Waals surface area (Å²) < 4.78 is 2.22. The molecule has 0 aliphatic rings. The molecular weight excluding hydrogens is 354 g/mol. The second-order valence-corrected chi connectivity index (χ2v) is 9.05. The van der Waals surface area contributed by atoms with Gasteiger partial charge in [-0.1, -0.05) is 64.8 Å². The third kappa shape index (κ3) is 3.91. The lowest BCUT2D eigenvalue weighted by molar-refractivity contribution is 0.278. The van der Waals surface area contributed by atoms with Gasteiger partial charge < -0.3 is 0 Å². The summed E-state index contributed by atoms with van der Waals surface area (Å²) in [6.07, 6.45) is 8.96. The van der Waals surface area contributed by atoms with Crippen molar-refractivity contribution in [3.8, 4) is 5.82 Å². The molecule has 29 heavy (non-hydrogen) atoms. The van der Waals surface area contributed by atoms with Crippen molar-refractivity contribution in [1.82, 2.24) is 14.5 Å². The molecule has 3 aromatic heterocycles. The zero-order valence-corrected chi connectivity index (χ0v) is 18.0. The molecule has 3 nitrogen and oxygen atoms in total. The molecule has 0 amide bonds. The summed E-state index contributed by atoms with van der Waals surface area (Å²) in [5, 5.41) is 1.17. The second kappa shape index (κ2) is 7.98. The van der Waals surface area contributed by atoms with Crippen LogP contribution in [0.2, 0.25) is 0 Å². The molecule has 150 valence electrons. The number of aromatic nitrogens is 3. The molecule has 4 aromatic rings. The van der Waals surface area contributed by atoms with Crippen LogP contribution < -0.4 is 0 Å². The van der Waals surface area contributed by atoms with E-state index in [0.29, 0.717) is 11.3 Å². The van der Waals surface area contributed by atoms with E-state index in [2.05, 4.69) is 85.9 Å². The van der Waals surface area contributed by atoms with Gasteiger partial charge in [0, 0.05) is 17.8 Å². The Morgan fingerprint density at radius 2 is 1.76 bits per heavy atom. The van der Waals surface area contributed by atoms with Gasteiger partial charge in [0.25, 0.3) is 0 Å². The topological polar surface area (TPSA) is 30.7 Å². The van der Waals surface area contributed by atoms with Crippen molar-refractivity contribution >= 4 is 21.9 Å². The maximum Gasteiger partial charge on any atom is 0.137 e. The van der Waals surface area contributed by atoms with Crippen molar-refractivity contribution in [3.05, 3.63) is 66.5 Å². The SMILES string of the molecule is CCCCC(C)(C)CC(C)c1ccc(-n2c3ccccc3c3ncccc32)nc1. The molecule has 0 aliphatic carbocycles. The number of nitrogens with zero attached hydrogens (tertiary/aromatic N) is 3. The molecule has 1 unspecified atom stereocenters. The van der Waals surface area contributed by atoms with Crippen LogP contribution in [0.1, 0.15) is 64.9 Å². The van der Waals surface area contributed by atoms with Gasteiger partial charge in [0.2, 0.25) is 0 Å². The van der Waals surface area contributed by atoms with E-state index >= 15 is 0 Å². The Morgan fingerprint density at radius 1 is 0.966 bits per heavy atom. The van der Waals surface area contributed by atoms with Crippen LogP contribution in [-0.4, -0.2) is 14.5 Å². The zero-order chi connectivity index (χ0) is 20.4. The average molecular weight is 386 g/mol. The maximum absolute atomic E-state index is 4.87. The highest BCUT2D eigenvalue weighted by Crippen LogP contribution is 2.36. The largest absolute Gasteiger partial charge is 0.292 e. The van der Waals surface area contributed by atoms with E-state index in [0.717, 1.165) is 22.4 Å². The van der Waals surface area contributed by atoms with Crippen LogP contribution in [0.5, 0.6) is 0 Å². The third-order valence-corrected chi connectivity index (χ3v) is 6.06. The van der Waals surface area contributed by atoms with E-state index in [9.17, 15) is 0 Å². The first-order chi connectivity index (χ1) is 14.0. The van der Waals surface area contributed by atoms with Gasteiger partial charge in [-0.25, -0.2) is 4.98 Å². The summed E-state index contributed by atoms with van der Waals surface area (Å²) in [7, 11) is 0. The third-order valence-electron chi connectivity index (χ3n) is 6.06. The number of fused-ring (bicyclic) bond motifs is 3. The Labute approximate surface area is 173 Å². The van der Waals surface area contributed by atoms with Crippen LogP contribution in [0.3, 0.4) is 0 Å². The number of unbranched alkanes of at least 4 members (excludes halogenated alkanes) is 1. The predicted molar refractivity (Wildman–Crippen MR) is 123 cm³/mol. The number of pyridine rings is 2. The van der Waals surface area contributed by atoms with Gasteiger partial charge in [0.05, 0.1) is 16.6 Å². The van der Waals surface area contributed by atoms with Crippen LogP contribution in [0, 0.1) is 5.41 Å². The fourth-order valence-corrected chi connectivity index (χ4v) is 4.56. The van der Waals surface area contributed by atoms with Crippen LogP contribution in [0.4, 0.5) is 0 Å². The fraction of sp³-hybridized carbons (Fsp3) is 0.385. The maximum atomic E-state index is 4.87. The summed E-state index contributed by atoms with van der Waals surface area (Å²) in [4.78, 5) is 9.49. The molecular formula is C26H31N3. The molecule has 3 heterocycles. The Hall–Kier alpha value is -2.68. The summed E-state index contributed by atoms with van der Waals surface area (Å²) in [5.41, 5.74) is 4.96. The first-order valence-corrected chi connectivity index (χ1v) is 10.8. The van der Waals surface area contributed by atoms with Crippen molar-refractivity contribution in [2.75, 3.05) is 0 Å². The van der Waals surface area contributed by atoms with Crippen molar-refractivity contribution < 1.29 is 0 Å². The van der Waals surface area contributed by atoms with Crippen LogP contribution >= 0.6 is 0 Å². The van der Waals surface area contributed by atoms with E-state index in [1.165, 1.54) is 36.6 Å². The quantitative estimate of drug-likeness (QED) is 0.334. The molecule has 3 heteroatoms. The summed E-state index contributed by atoms with van der Waals surface area (Å²) >= 11 is 0. The summed E-state index contributed by atoms with van der Waals surface area (Å²) in [6, 6.07) is 16.9. The Bertz CT molecular complexity index is 1050. The first kappa shape index (κ1) is 19.6. The molecule has 0 spiro atoms. The number of para-hydroxylation sites is 1. The smallest absolute Gasteiger partial charge is 0.137 e. The van der Waals surface area contributed by atoms with Crippen molar-refractivity contribution in [3.63, 3.8) is 0 Å². The number of benzene rings is 1. The van der Waals surface area contributed by atoms with E-state index in [-0.39, 0.29) is 0 Å². The summed E-state index contributed by atoms with van der Waals surface area (Å²) in [5.74, 6) is 1.45. The average Bonchev–Trinajstić information content (AvgIpc) is 3.07. The molecule has 4 rings (SSSR count). The molecule has 1 atom stereocenters. The first-order valence-electron chi connectivity index (χ1n) is 10.8. The van der Waals surface area contributed by atoms with Crippen molar-refractivity contribution in [1.29, 1.82) is 0 Å². The Balaban J connectivity index is 1.66. The number of rotatable bonds is 7. The van der Waals surface area contributed by atoms with Crippen LogP contribution in [0.15, 0.2) is 60.9 Å². The van der Waals surface area contributed by atoms with Gasteiger partial charge in [-0.05, 0) is 54.0 Å². The lowest BCUT2D eigenvalue weighted by Crippen LogP contribution is -2.15. The molecule has 0 saturated carbocycles. The van der Waals surface area contributed by atoms with Crippen molar-refractivity contribution in [2.45, 2.75) is 59.3 Å². The van der Waals surface area contributed by atoms with Crippen LogP contribution in [-0.2, 0) is 0 Å². The van der Waals surface area contributed by atoms with Gasteiger partial charge in [0.15, 0.2) is 0 Å². The van der Waals surface area contributed by atoms with Crippen LogP contribution in [0.25, 0.3) is 27.8 Å². The van der Waals surface area contributed by atoms with Gasteiger partial charge in [0.1, 0.15) is 5.82 Å². The summed E-state index contributed by atoms with van der Waals surface area (Å²) in [6.45, 7) is 9.39. The highest BCUT2D eigenvalue weighted by molar-refractivity contribution is 6.06. The molecule has 0 saturated heterocycles. The molecule has 0 radical (unpaired) electrons. The highest BCUT2D eigenvalue weighted by atomic mass is 15.1. The van der Waals surface area contributed by atoms with Gasteiger partial charge in [-0.3, -0.25) is 9.55 Å². The minimum atomic E-state index is 0.368. The van der Waals surface area contributed by atoms with Crippen molar-refractivity contribution in [2.24, 2.45) is 5.41 Å². The predicted octanol–water partition coefficient (Wildman–Crippen LogP) is 7.28. The molecule has 0 bridgehead atoms. The normalized spacial score (nSPS) is 13.2. The van der Waals surface area contributed by atoms with Gasteiger partial charge in [-0.15, -0.1) is 0 Å². The molecule has 0 aliphatic heterocycles. The van der Waals surface area contributed by atoms with Gasteiger partial charge in [-0.2, -0.15) is 0 Å². The van der Waals surface area contributed by atoms with E-state index in [1.807, 2.05) is 12.3 Å². The zero-order valence-electron chi connectivity index (χ0n) is 18.0. The standard InChI is InChI=1S/C26H31N3/c1-5-6-15-26(3,4)17-19(2)20-13-14-24(28-18-20)29-22-11-8-7-10-21(22)25-23(29)12-9-16-27-25/h7-14,16,18-19H,5-6,15,17H2,1-4H3. The minimum Gasteiger partial charge on any atom is -0.292 e.